The van der Waals surface area contributed by atoms with E-state index in [0.29, 0.717) is 26.3 Å². The van der Waals surface area contributed by atoms with E-state index in [2.05, 4.69) is 10.2 Å². The van der Waals surface area contributed by atoms with Crippen molar-refractivity contribution in [2.75, 3.05) is 0 Å². The Morgan fingerprint density at radius 1 is 0.920 bits per heavy atom. The third-order valence-corrected chi connectivity index (χ3v) is 5.09. The van der Waals surface area contributed by atoms with E-state index in [1.165, 1.54) is 11.8 Å². The summed E-state index contributed by atoms with van der Waals surface area (Å²) in [7, 11) is 0. The summed E-state index contributed by atoms with van der Waals surface area (Å²) in [6, 6.07) is 18.3. The predicted octanol–water partition coefficient (Wildman–Crippen LogP) is 4.55. The molecule has 0 spiro atoms. The Hall–Kier alpha value is -2.08. The molecule has 7 heteroatoms. The molecule has 1 heterocycles. The van der Waals surface area contributed by atoms with Crippen molar-refractivity contribution in [3.63, 3.8) is 0 Å². The number of amides is 1. The second-order valence-corrected chi connectivity index (χ2v) is 7.09. The van der Waals surface area contributed by atoms with Crippen molar-refractivity contribution >= 4 is 40.9 Å². The number of carbonyl (C=O) groups excluding carboxylic acids is 1. The Labute approximate surface area is 159 Å². The van der Waals surface area contributed by atoms with Gasteiger partial charge in [-0.25, -0.2) is 0 Å². The predicted molar refractivity (Wildman–Crippen MR) is 100 cm³/mol. The molecule has 126 valence electrons. The zero-order valence-electron chi connectivity index (χ0n) is 12.9. The highest BCUT2D eigenvalue weighted by molar-refractivity contribution is 7.99. The summed E-state index contributed by atoms with van der Waals surface area (Å²) in [5, 5.41) is 9.78. The number of benzene rings is 2. The minimum atomic E-state index is -0.857. The van der Waals surface area contributed by atoms with E-state index >= 15 is 0 Å². The largest absolute Gasteiger partial charge is 0.369 e. The van der Waals surface area contributed by atoms with E-state index in [9.17, 15) is 4.79 Å². The maximum Gasteiger partial charge on any atom is 0.231 e. The van der Waals surface area contributed by atoms with Gasteiger partial charge in [-0.3, -0.25) is 4.79 Å². The van der Waals surface area contributed by atoms with Gasteiger partial charge < -0.3 is 5.73 Å². The van der Waals surface area contributed by atoms with Gasteiger partial charge >= 0.3 is 0 Å². The van der Waals surface area contributed by atoms with Crippen molar-refractivity contribution in [2.45, 2.75) is 15.8 Å². The molecule has 2 aromatic carbocycles. The number of hydrogen-bond acceptors (Lipinski definition) is 4. The molecule has 0 radical (unpaired) electrons. The van der Waals surface area contributed by atoms with Crippen molar-refractivity contribution in [2.24, 2.45) is 5.73 Å². The Kier molecular flexibility index (Phi) is 5.58. The fraction of sp³-hybridized carbons (Fsp3) is 0.0556. The second-order valence-electron chi connectivity index (χ2n) is 5.18. The number of nitrogens with two attached hydrogens (primary N) is 1. The summed E-state index contributed by atoms with van der Waals surface area (Å²) in [6.45, 7) is 0. The number of primary amides is 1. The second kappa shape index (κ2) is 7.87. The molecular formula is C18H13Cl2N3OS. The van der Waals surface area contributed by atoms with Gasteiger partial charge in [-0.15, -0.1) is 5.10 Å². The maximum absolute atomic E-state index is 12.0. The Balaban J connectivity index is 1.92. The van der Waals surface area contributed by atoms with Crippen LogP contribution in [-0.2, 0) is 4.79 Å². The van der Waals surface area contributed by atoms with Gasteiger partial charge in [-0.1, -0.05) is 59.2 Å². The van der Waals surface area contributed by atoms with Gasteiger partial charge in [-0.2, -0.15) is 5.10 Å². The Bertz CT molecular complexity index is 868. The quantitative estimate of drug-likeness (QED) is 0.694. The van der Waals surface area contributed by atoms with Crippen molar-refractivity contribution in [1.82, 2.24) is 10.2 Å². The lowest BCUT2D eigenvalue weighted by Crippen LogP contribution is -2.24. The van der Waals surface area contributed by atoms with Gasteiger partial charge in [0.25, 0.3) is 0 Å². The summed E-state index contributed by atoms with van der Waals surface area (Å²) in [5.41, 5.74) is 6.41. The van der Waals surface area contributed by atoms with Crippen LogP contribution in [0.15, 0.2) is 70.6 Å². The summed E-state index contributed by atoms with van der Waals surface area (Å²) in [4.78, 5) is 13.1. The SMILES string of the molecule is NC(=O)C(c1ccc(Sc2ccccc2)nn1)c1c(Cl)cccc1Cl. The molecule has 1 atom stereocenters. The topological polar surface area (TPSA) is 68.9 Å². The number of carbonyl (C=O) groups is 1. The molecule has 0 saturated carbocycles. The lowest BCUT2D eigenvalue weighted by molar-refractivity contribution is -0.118. The van der Waals surface area contributed by atoms with Crippen molar-refractivity contribution in [3.8, 4) is 0 Å². The minimum Gasteiger partial charge on any atom is -0.369 e. The van der Waals surface area contributed by atoms with Gasteiger partial charge in [0.05, 0.1) is 5.69 Å². The molecule has 0 bridgehead atoms. The fourth-order valence-electron chi connectivity index (χ4n) is 2.37. The van der Waals surface area contributed by atoms with E-state index in [-0.39, 0.29) is 0 Å². The fourth-order valence-corrected chi connectivity index (χ4v) is 3.74. The van der Waals surface area contributed by atoms with Gasteiger partial charge in [0.2, 0.25) is 5.91 Å². The van der Waals surface area contributed by atoms with Crippen LogP contribution in [0.3, 0.4) is 0 Å². The van der Waals surface area contributed by atoms with E-state index in [1.54, 1.807) is 30.3 Å². The molecule has 0 aliphatic rings. The normalized spacial score (nSPS) is 11.9. The van der Waals surface area contributed by atoms with Crippen molar-refractivity contribution in [3.05, 3.63) is 82.0 Å². The standard InChI is InChI=1S/C18H13Cl2N3OS/c19-12-7-4-8-13(20)16(12)17(18(21)24)14-9-10-15(23-22-14)25-11-5-2-1-3-6-11/h1-10,17H,(H2,21,24). The number of hydrogen-bond donors (Lipinski definition) is 1. The molecule has 2 N–H and O–H groups in total. The summed E-state index contributed by atoms with van der Waals surface area (Å²) in [6.07, 6.45) is 0. The molecular weight excluding hydrogens is 377 g/mol. The average Bonchev–Trinajstić information content (AvgIpc) is 2.60. The molecule has 3 rings (SSSR count). The Morgan fingerprint density at radius 2 is 1.60 bits per heavy atom. The third kappa shape index (κ3) is 4.12. The number of aromatic nitrogens is 2. The van der Waals surface area contributed by atoms with Gasteiger partial charge in [0.1, 0.15) is 10.9 Å². The number of nitrogens with zero attached hydrogens (tertiary/aromatic N) is 2. The van der Waals surface area contributed by atoms with Crippen LogP contribution in [0, 0.1) is 0 Å². The average molecular weight is 390 g/mol. The Morgan fingerprint density at radius 3 is 2.16 bits per heavy atom. The zero-order valence-corrected chi connectivity index (χ0v) is 15.2. The van der Waals surface area contributed by atoms with Crippen LogP contribution in [0.1, 0.15) is 17.2 Å². The zero-order chi connectivity index (χ0) is 17.8. The summed E-state index contributed by atoms with van der Waals surface area (Å²) < 4.78 is 0. The molecule has 4 nitrogen and oxygen atoms in total. The van der Waals surface area contributed by atoms with Crippen molar-refractivity contribution < 1.29 is 4.79 Å². The van der Waals surface area contributed by atoms with Crippen LogP contribution in [0.5, 0.6) is 0 Å². The third-order valence-electron chi connectivity index (χ3n) is 3.49. The van der Waals surface area contributed by atoms with Crippen LogP contribution < -0.4 is 5.73 Å². The number of rotatable bonds is 5. The summed E-state index contributed by atoms with van der Waals surface area (Å²) >= 11 is 13.9. The highest BCUT2D eigenvalue weighted by Gasteiger charge is 2.27. The van der Waals surface area contributed by atoms with E-state index in [1.807, 2.05) is 30.3 Å². The van der Waals surface area contributed by atoms with E-state index < -0.39 is 11.8 Å². The molecule has 0 aliphatic heterocycles. The lowest BCUT2D eigenvalue weighted by atomic mass is 9.94. The molecule has 0 fully saturated rings. The smallest absolute Gasteiger partial charge is 0.231 e. The molecule has 0 aliphatic carbocycles. The summed E-state index contributed by atoms with van der Waals surface area (Å²) in [5.74, 6) is -1.45. The molecule has 1 unspecified atom stereocenters. The molecule has 1 amide bonds. The molecule has 0 saturated heterocycles. The lowest BCUT2D eigenvalue weighted by Gasteiger charge is -2.16. The molecule has 1 aromatic heterocycles. The van der Waals surface area contributed by atoms with Crippen LogP contribution in [0.4, 0.5) is 0 Å². The monoisotopic (exact) mass is 389 g/mol. The van der Waals surface area contributed by atoms with Gasteiger partial charge in [-0.05, 0) is 36.4 Å². The first-order chi connectivity index (χ1) is 12.1. The highest BCUT2D eigenvalue weighted by Crippen LogP contribution is 2.35. The molecule has 25 heavy (non-hydrogen) atoms. The highest BCUT2D eigenvalue weighted by atomic mass is 35.5. The van der Waals surface area contributed by atoms with Crippen LogP contribution in [0.25, 0.3) is 0 Å². The first kappa shape index (κ1) is 17.7. The van der Waals surface area contributed by atoms with Crippen molar-refractivity contribution in [1.29, 1.82) is 0 Å². The first-order valence-corrected chi connectivity index (χ1v) is 8.93. The minimum absolute atomic E-state index is 0.362. The van der Waals surface area contributed by atoms with Crippen LogP contribution in [0.2, 0.25) is 10.0 Å². The van der Waals surface area contributed by atoms with Crippen LogP contribution >= 0.6 is 35.0 Å². The van der Waals surface area contributed by atoms with E-state index in [4.69, 9.17) is 28.9 Å². The van der Waals surface area contributed by atoms with Crippen LogP contribution in [-0.4, -0.2) is 16.1 Å². The molecule has 3 aromatic rings. The number of halogens is 2. The van der Waals surface area contributed by atoms with Gasteiger partial charge in [0.15, 0.2) is 0 Å². The van der Waals surface area contributed by atoms with E-state index in [0.717, 1.165) is 4.90 Å². The maximum atomic E-state index is 12.0. The first-order valence-electron chi connectivity index (χ1n) is 7.36. The van der Waals surface area contributed by atoms with Gasteiger partial charge in [0, 0.05) is 20.5 Å².